The summed E-state index contributed by atoms with van der Waals surface area (Å²) >= 11 is 38.0. The molecule has 4 aromatic rings. The van der Waals surface area contributed by atoms with E-state index in [4.69, 9.17) is 84.2 Å². The minimum Gasteiger partial charge on any atom is -0.478 e. The van der Waals surface area contributed by atoms with Crippen molar-refractivity contribution in [1.82, 2.24) is 19.9 Å². The van der Waals surface area contributed by atoms with Crippen LogP contribution in [0.1, 0.15) is 10.5 Å². The first-order valence-electron chi connectivity index (χ1n) is 11.5. The molecule has 246 valence electrons. The zero-order valence-corrected chi connectivity index (χ0v) is 30.3. The molecule has 4 rings (SSSR count). The number of carboxylic acid groups (broad SMARTS) is 1. The number of benzene rings is 2. The molecule has 2 aromatic carbocycles. The lowest BCUT2D eigenvalue weighted by Gasteiger charge is -2.12. The molecule has 14 nitrogen and oxygen atoms in total. The van der Waals surface area contributed by atoms with Gasteiger partial charge < -0.3 is 14.6 Å². The second-order valence-corrected chi connectivity index (χ2v) is 14.3. The number of carboxylic acids is 1. The fourth-order valence-corrected chi connectivity index (χ4v) is 7.19. The topological polar surface area (TPSA) is 200 Å². The molecule has 0 amide bonds. The zero-order chi connectivity index (χ0) is 34.6. The van der Waals surface area contributed by atoms with Gasteiger partial charge in [-0.2, -0.15) is 9.97 Å². The molecule has 23 heteroatoms. The van der Waals surface area contributed by atoms with E-state index in [2.05, 4.69) is 45.3 Å². The molecule has 3 N–H and O–H groups in total. The smallest absolute Gasteiger partial charge is 0.357 e. The van der Waals surface area contributed by atoms with E-state index in [0.717, 1.165) is 7.11 Å². The summed E-state index contributed by atoms with van der Waals surface area (Å²) in [5, 5.41) is 8.25. The second kappa shape index (κ2) is 15.5. The van der Waals surface area contributed by atoms with Gasteiger partial charge in [0.25, 0.3) is 31.8 Å². The highest BCUT2D eigenvalue weighted by molar-refractivity contribution is 9.10. The Kier molecular flexibility index (Phi) is 12.8. The van der Waals surface area contributed by atoms with Crippen LogP contribution in [0.25, 0.3) is 0 Å². The van der Waals surface area contributed by atoms with Gasteiger partial charge in [-0.1, -0.05) is 81.7 Å². The number of anilines is 2. The molecule has 2 aromatic heterocycles. The van der Waals surface area contributed by atoms with E-state index in [1.807, 2.05) is 0 Å². The number of aromatic carboxylic acids is 1. The van der Waals surface area contributed by atoms with E-state index in [0.29, 0.717) is 0 Å². The van der Waals surface area contributed by atoms with Crippen LogP contribution in [0.4, 0.5) is 11.6 Å². The molecular formula is C23H15BrCl6N6O8S2. The molecule has 0 atom stereocenters. The molecule has 0 spiro atoms. The van der Waals surface area contributed by atoms with Crippen molar-refractivity contribution in [3.05, 3.63) is 77.1 Å². The van der Waals surface area contributed by atoms with Crippen molar-refractivity contribution in [2.24, 2.45) is 0 Å². The molecule has 0 aliphatic carbocycles. The summed E-state index contributed by atoms with van der Waals surface area (Å²) in [6.45, 7) is 0. The van der Waals surface area contributed by atoms with E-state index in [1.165, 1.54) is 43.5 Å². The molecular weight excluding hydrogens is 845 g/mol. The summed E-state index contributed by atoms with van der Waals surface area (Å²) in [7, 11) is -5.78. The number of carbonyl (C=O) groups is 1. The summed E-state index contributed by atoms with van der Waals surface area (Å²) in [5.74, 6) is -2.45. The summed E-state index contributed by atoms with van der Waals surface area (Å²) in [6.07, 6.45) is 0. The maximum atomic E-state index is 12.4. The fourth-order valence-electron chi connectivity index (χ4n) is 3.08. The van der Waals surface area contributed by atoms with Crippen molar-refractivity contribution in [3.8, 4) is 11.8 Å². The lowest BCUT2D eigenvalue weighted by Crippen LogP contribution is -2.17. The number of methoxy groups -OCH3 is 2. The summed E-state index contributed by atoms with van der Waals surface area (Å²) in [6, 6.07) is 8.27. The van der Waals surface area contributed by atoms with Crippen molar-refractivity contribution >= 4 is 123 Å². The molecule has 0 aliphatic rings. The van der Waals surface area contributed by atoms with E-state index in [1.54, 1.807) is 0 Å². The maximum absolute atomic E-state index is 12.4. The maximum Gasteiger partial charge on any atom is 0.357 e. The van der Waals surface area contributed by atoms with Gasteiger partial charge in [-0.25, -0.2) is 31.6 Å². The lowest BCUT2D eigenvalue weighted by atomic mass is 10.4. The molecule has 0 fully saturated rings. The van der Waals surface area contributed by atoms with Gasteiger partial charge in [0.2, 0.25) is 11.6 Å². The number of aromatic nitrogens is 4. The molecule has 2 heterocycles. The molecule has 46 heavy (non-hydrogen) atoms. The third-order valence-corrected chi connectivity index (χ3v) is 11.0. The highest BCUT2D eigenvalue weighted by Crippen LogP contribution is 2.34. The Bertz CT molecular complexity index is 2040. The van der Waals surface area contributed by atoms with Gasteiger partial charge in [0, 0.05) is 0 Å². The number of nitrogens with one attached hydrogen (secondary N) is 2. The number of nitrogens with zero attached hydrogens (tertiary/aromatic N) is 4. The molecule has 0 aliphatic heterocycles. The molecule has 0 unspecified atom stereocenters. The Hall–Kier alpha value is -2.61. The minimum atomic E-state index is -4.20. The Morgan fingerprint density at radius 1 is 0.717 bits per heavy atom. The summed E-state index contributed by atoms with van der Waals surface area (Å²) < 4.78 is 64.0. The average Bonchev–Trinajstić information content (AvgIpc) is 2.97. The van der Waals surface area contributed by atoms with Crippen LogP contribution in [0.5, 0.6) is 11.8 Å². The fraction of sp³-hybridized carbons (Fsp3) is 0.0870. The number of hydrogen-bond acceptors (Lipinski definition) is 11. The quantitative estimate of drug-likeness (QED) is 0.157. The first-order valence-corrected chi connectivity index (χ1v) is 17.5. The predicted molar refractivity (Wildman–Crippen MR) is 176 cm³/mol. The monoisotopic (exact) mass is 856 g/mol. The largest absolute Gasteiger partial charge is 0.478 e. The predicted octanol–water partition coefficient (Wildman–Crippen LogP) is 6.95. The molecule has 0 saturated heterocycles. The highest BCUT2D eigenvalue weighted by Gasteiger charge is 2.26. The Morgan fingerprint density at radius 3 is 1.54 bits per heavy atom. The van der Waals surface area contributed by atoms with Gasteiger partial charge in [0.05, 0.1) is 34.3 Å². The summed E-state index contributed by atoms with van der Waals surface area (Å²) in [4.78, 5) is 25.5. The third kappa shape index (κ3) is 8.84. The van der Waals surface area contributed by atoms with E-state index < -0.39 is 42.7 Å². The van der Waals surface area contributed by atoms with E-state index in [-0.39, 0.29) is 57.2 Å². The number of rotatable bonds is 9. The number of ether oxygens (including phenoxy) is 2. The number of halogens is 7. The number of hydrogen-bond donors (Lipinski definition) is 3. The van der Waals surface area contributed by atoms with Gasteiger partial charge in [0.15, 0.2) is 16.0 Å². The Morgan fingerprint density at radius 2 is 1.13 bits per heavy atom. The molecule has 0 saturated carbocycles. The van der Waals surface area contributed by atoms with Crippen molar-refractivity contribution in [2.75, 3.05) is 23.7 Å². The lowest BCUT2D eigenvalue weighted by molar-refractivity contribution is 0.0689. The van der Waals surface area contributed by atoms with Crippen molar-refractivity contribution < 1.29 is 36.2 Å². The van der Waals surface area contributed by atoms with Crippen LogP contribution >= 0.6 is 85.5 Å². The second-order valence-electron chi connectivity index (χ2n) is 8.00. The SMILES string of the molecule is COc1nc(Br)c(Cl)nc1NS(=O)(=O)c1cccc(Cl)c1Cl.COc1nc(C(=O)O)c(Cl)nc1NS(=O)(=O)c1cccc(Cl)c1Cl. The highest BCUT2D eigenvalue weighted by atomic mass is 79.9. The van der Waals surface area contributed by atoms with Gasteiger partial charge in [0.1, 0.15) is 14.4 Å². The van der Waals surface area contributed by atoms with Crippen molar-refractivity contribution in [1.29, 1.82) is 0 Å². The number of sulfonamides is 2. The standard InChI is InChI=1S/C12H8Cl3N3O5S.C11H7BrCl3N3O3S/c1-23-11-10(17-9(15)8(16-11)12(19)20)18-24(21,22)6-4-2-3-5(13)7(6)14;1-21-11-10(17-9(15)8(12)16-11)18-22(19,20)6-4-2-3-5(13)7(6)14/h2-4H,1H3,(H,17,18)(H,19,20);2-4H,1H3,(H,17,18). The normalized spacial score (nSPS) is 11.2. The van der Waals surface area contributed by atoms with Crippen LogP contribution in [-0.4, -0.2) is 62.1 Å². The average molecular weight is 860 g/mol. The van der Waals surface area contributed by atoms with Crippen LogP contribution in [0.15, 0.2) is 50.8 Å². The van der Waals surface area contributed by atoms with Crippen LogP contribution in [-0.2, 0) is 20.0 Å². The van der Waals surface area contributed by atoms with Gasteiger partial charge in [-0.3, -0.25) is 9.44 Å². The zero-order valence-electron chi connectivity index (χ0n) is 22.5. The van der Waals surface area contributed by atoms with Gasteiger partial charge in [-0.05, 0) is 40.2 Å². The van der Waals surface area contributed by atoms with Crippen molar-refractivity contribution in [2.45, 2.75) is 9.79 Å². The van der Waals surface area contributed by atoms with Crippen LogP contribution < -0.4 is 18.9 Å². The first kappa shape index (κ1) is 37.8. The summed E-state index contributed by atoms with van der Waals surface area (Å²) in [5.41, 5.74) is -0.586. The third-order valence-electron chi connectivity index (χ3n) is 5.07. The molecule has 0 bridgehead atoms. The van der Waals surface area contributed by atoms with Crippen LogP contribution in [0, 0.1) is 0 Å². The minimum absolute atomic E-state index is 0.0318. The first-order chi connectivity index (χ1) is 21.4. The van der Waals surface area contributed by atoms with Crippen LogP contribution in [0.3, 0.4) is 0 Å². The Balaban J connectivity index is 0.000000251. The van der Waals surface area contributed by atoms with Gasteiger partial charge >= 0.3 is 5.97 Å². The molecule has 0 radical (unpaired) electrons. The van der Waals surface area contributed by atoms with Gasteiger partial charge in [-0.15, -0.1) is 0 Å². The van der Waals surface area contributed by atoms with E-state index >= 15 is 0 Å². The van der Waals surface area contributed by atoms with E-state index in [9.17, 15) is 21.6 Å². The Labute approximate surface area is 299 Å². The van der Waals surface area contributed by atoms with Crippen LogP contribution in [0.2, 0.25) is 30.4 Å². The van der Waals surface area contributed by atoms with Crippen molar-refractivity contribution in [3.63, 3.8) is 0 Å².